The predicted octanol–water partition coefficient (Wildman–Crippen LogP) is 1.98. The summed E-state index contributed by atoms with van der Waals surface area (Å²) < 4.78 is 0. The SMILES string of the molecule is O=C1NCCN1CCCC1CCCC1. The fourth-order valence-electron chi connectivity index (χ4n) is 2.59. The summed E-state index contributed by atoms with van der Waals surface area (Å²) in [6.07, 6.45) is 8.21. The Morgan fingerprint density at radius 1 is 1.36 bits per heavy atom. The van der Waals surface area contributed by atoms with Gasteiger partial charge in [-0.25, -0.2) is 4.79 Å². The Morgan fingerprint density at radius 2 is 2.14 bits per heavy atom. The van der Waals surface area contributed by atoms with Crippen molar-refractivity contribution in [3.8, 4) is 0 Å². The van der Waals surface area contributed by atoms with Crippen molar-refractivity contribution in [3.63, 3.8) is 0 Å². The maximum atomic E-state index is 11.2. The first-order valence-electron chi connectivity index (χ1n) is 5.89. The van der Waals surface area contributed by atoms with Crippen LogP contribution in [0.5, 0.6) is 0 Å². The van der Waals surface area contributed by atoms with Crippen molar-refractivity contribution in [1.82, 2.24) is 10.2 Å². The van der Waals surface area contributed by atoms with Crippen LogP contribution in [-0.2, 0) is 0 Å². The first kappa shape index (κ1) is 9.81. The van der Waals surface area contributed by atoms with Crippen LogP contribution in [0.4, 0.5) is 4.79 Å². The summed E-state index contributed by atoms with van der Waals surface area (Å²) in [6.45, 7) is 2.70. The number of hydrogen-bond donors (Lipinski definition) is 1. The van der Waals surface area contributed by atoms with Gasteiger partial charge in [-0.3, -0.25) is 0 Å². The molecule has 0 aromatic heterocycles. The highest BCUT2D eigenvalue weighted by molar-refractivity contribution is 5.76. The topological polar surface area (TPSA) is 32.3 Å². The van der Waals surface area contributed by atoms with Gasteiger partial charge in [0, 0.05) is 19.6 Å². The van der Waals surface area contributed by atoms with E-state index in [4.69, 9.17) is 0 Å². The molecular formula is C11H20N2O. The smallest absolute Gasteiger partial charge is 0.317 e. The van der Waals surface area contributed by atoms with Crippen molar-refractivity contribution in [2.24, 2.45) is 5.92 Å². The first-order valence-corrected chi connectivity index (χ1v) is 5.89. The van der Waals surface area contributed by atoms with Crippen LogP contribution in [0.2, 0.25) is 0 Å². The molecule has 0 spiro atoms. The third kappa shape index (κ3) is 2.40. The molecule has 0 aromatic rings. The quantitative estimate of drug-likeness (QED) is 0.732. The maximum absolute atomic E-state index is 11.2. The van der Waals surface area contributed by atoms with Gasteiger partial charge in [0.05, 0.1) is 0 Å². The molecule has 2 rings (SSSR count). The second kappa shape index (κ2) is 4.67. The Labute approximate surface area is 85.8 Å². The van der Waals surface area contributed by atoms with Gasteiger partial charge < -0.3 is 10.2 Å². The molecule has 2 fully saturated rings. The van der Waals surface area contributed by atoms with Gasteiger partial charge in [0.2, 0.25) is 0 Å². The molecule has 3 nitrogen and oxygen atoms in total. The van der Waals surface area contributed by atoms with Gasteiger partial charge in [0.1, 0.15) is 0 Å². The molecule has 0 aromatic carbocycles. The third-order valence-corrected chi connectivity index (χ3v) is 3.46. The average Bonchev–Trinajstić information content (AvgIpc) is 2.78. The minimum atomic E-state index is 0.136. The number of urea groups is 1. The number of carbonyl (C=O) groups excluding carboxylic acids is 1. The lowest BCUT2D eigenvalue weighted by Gasteiger charge is -2.15. The van der Waals surface area contributed by atoms with Crippen LogP contribution in [0.1, 0.15) is 38.5 Å². The Balaban J connectivity index is 1.60. The Kier molecular flexibility index (Phi) is 3.27. The Hall–Kier alpha value is -0.730. The van der Waals surface area contributed by atoms with E-state index in [0.29, 0.717) is 0 Å². The van der Waals surface area contributed by atoms with Crippen molar-refractivity contribution < 1.29 is 4.79 Å². The first-order chi connectivity index (χ1) is 6.86. The summed E-state index contributed by atoms with van der Waals surface area (Å²) in [5.74, 6) is 0.959. The van der Waals surface area contributed by atoms with Gasteiger partial charge >= 0.3 is 6.03 Å². The van der Waals surface area contributed by atoms with Crippen molar-refractivity contribution in [2.75, 3.05) is 19.6 Å². The molecule has 0 radical (unpaired) electrons. The molecule has 14 heavy (non-hydrogen) atoms. The molecule has 3 heteroatoms. The van der Waals surface area contributed by atoms with Gasteiger partial charge in [-0.1, -0.05) is 25.7 Å². The number of rotatable bonds is 4. The van der Waals surface area contributed by atoms with E-state index in [1.165, 1.54) is 38.5 Å². The standard InChI is InChI=1S/C11H20N2O/c14-11-12-7-9-13(11)8-3-6-10-4-1-2-5-10/h10H,1-9H2,(H,12,14). The molecule has 1 saturated heterocycles. The van der Waals surface area contributed by atoms with Gasteiger partial charge in [-0.05, 0) is 18.8 Å². The lowest BCUT2D eigenvalue weighted by atomic mass is 10.0. The highest BCUT2D eigenvalue weighted by Crippen LogP contribution is 2.28. The fraction of sp³-hybridized carbons (Fsp3) is 0.909. The largest absolute Gasteiger partial charge is 0.336 e. The van der Waals surface area contributed by atoms with E-state index in [-0.39, 0.29) is 6.03 Å². The van der Waals surface area contributed by atoms with E-state index in [1.807, 2.05) is 4.90 Å². The molecule has 0 atom stereocenters. The number of nitrogens with one attached hydrogen (secondary N) is 1. The molecule has 1 N–H and O–H groups in total. The maximum Gasteiger partial charge on any atom is 0.317 e. The molecule has 2 amide bonds. The number of carbonyl (C=O) groups is 1. The molecule has 1 aliphatic carbocycles. The number of amides is 2. The van der Waals surface area contributed by atoms with E-state index in [2.05, 4.69) is 5.32 Å². The van der Waals surface area contributed by atoms with Crippen molar-refractivity contribution in [1.29, 1.82) is 0 Å². The zero-order chi connectivity index (χ0) is 9.80. The average molecular weight is 196 g/mol. The van der Waals surface area contributed by atoms with E-state index in [0.717, 1.165) is 25.6 Å². The molecule has 1 heterocycles. The van der Waals surface area contributed by atoms with Gasteiger partial charge in [-0.2, -0.15) is 0 Å². The Bertz CT molecular complexity index is 199. The summed E-state index contributed by atoms with van der Waals surface area (Å²) >= 11 is 0. The molecule has 1 saturated carbocycles. The van der Waals surface area contributed by atoms with Gasteiger partial charge in [0.25, 0.3) is 0 Å². The highest BCUT2D eigenvalue weighted by Gasteiger charge is 2.20. The second-order valence-electron chi connectivity index (χ2n) is 4.51. The summed E-state index contributed by atoms with van der Waals surface area (Å²) in [6, 6.07) is 0.136. The molecule has 2 aliphatic rings. The van der Waals surface area contributed by atoms with E-state index in [1.54, 1.807) is 0 Å². The van der Waals surface area contributed by atoms with E-state index in [9.17, 15) is 4.79 Å². The van der Waals surface area contributed by atoms with Crippen LogP contribution in [0.15, 0.2) is 0 Å². The Morgan fingerprint density at radius 3 is 2.79 bits per heavy atom. The van der Waals surface area contributed by atoms with Crippen molar-refractivity contribution in [2.45, 2.75) is 38.5 Å². The summed E-state index contributed by atoms with van der Waals surface area (Å²) in [7, 11) is 0. The van der Waals surface area contributed by atoms with Crippen LogP contribution in [-0.4, -0.2) is 30.6 Å². The fourth-order valence-corrected chi connectivity index (χ4v) is 2.59. The lowest BCUT2D eigenvalue weighted by molar-refractivity contribution is 0.215. The normalized spacial score (nSPS) is 23.1. The van der Waals surface area contributed by atoms with E-state index >= 15 is 0 Å². The van der Waals surface area contributed by atoms with Crippen LogP contribution < -0.4 is 5.32 Å². The summed E-state index contributed by atoms with van der Waals surface area (Å²) in [5, 5.41) is 2.84. The number of hydrogen-bond acceptors (Lipinski definition) is 1. The van der Waals surface area contributed by atoms with E-state index < -0.39 is 0 Å². The summed E-state index contributed by atoms with van der Waals surface area (Å²) in [5.41, 5.74) is 0. The van der Waals surface area contributed by atoms with Crippen molar-refractivity contribution >= 4 is 6.03 Å². The van der Waals surface area contributed by atoms with Crippen molar-refractivity contribution in [3.05, 3.63) is 0 Å². The lowest BCUT2D eigenvalue weighted by Crippen LogP contribution is -2.29. The highest BCUT2D eigenvalue weighted by atomic mass is 16.2. The van der Waals surface area contributed by atoms with Crippen LogP contribution >= 0.6 is 0 Å². The van der Waals surface area contributed by atoms with Crippen LogP contribution in [0.3, 0.4) is 0 Å². The molecule has 1 aliphatic heterocycles. The van der Waals surface area contributed by atoms with Gasteiger partial charge in [0.15, 0.2) is 0 Å². The predicted molar refractivity (Wildman–Crippen MR) is 56.2 cm³/mol. The third-order valence-electron chi connectivity index (χ3n) is 3.46. The molecule has 0 bridgehead atoms. The second-order valence-corrected chi connectivity index (χ2v) is 4.51. The monoisotopic (exact) mass is 196 g/mol. The minimum absolute atomic E-state index is 0.136. The van der Waals surface area contributed by atoms with Gasteiger partial charge in [-0.15, -0.1) is 0 Å². The molecule has 80 valence electrons. The van der Waals surface area contributed by atoms with Crippen LogP contribution in [0.25, 0.3) is 0 Å². The zero-order valence-electron chi connectivity index (χ0n) is 8.80. The molecule has 0 unspecified atom stereocenters. The minimum Gasteiger partial charge on any atom is -0.336 e. The number of nitrogens with zero attached hydrogens (tertiary/aromatic N) is 1. The summed E-state index contributed by atoms with van der Waals surface area (Å²) in [4.78, 5) is 13.2. The van der Waals surface area contributed by atoms with Crippen LogP contribution in [0, 0.1) is 5.92 Å². The zero-order valence-corrected chi connectivity index (χ0v) is 8.80. The molecular weight excluding hydrogens is 176 g/mol.